The molecule has 2 N–H and O–H groups in total. The molecule has 0 saturated heterocycles. The lowest BCUT2D eigenvalue weighted by atomic mass is 9.64. The number of carboxylic acids is 1. The molecule has 4 nitrogen and oxygen atoms in total. The smallest absolute Gasteiger partial charge is 0.326 e. The van der Waals surface area contributed by atoms with Crippen LogP contribution in [0.4, 0.5) is 4.39 Å². The molecule has 23 heavy (non-hydrogen) atoms. The van der Waals surface area contributed by atoms with Gasteiger partial charge in [-0.15, -0.1) is 6.58 Å². The highest BCUT2D eigenvalue weighted by molar-refractivity contribution is 5.88. The molecule has 1 amide bonds. The number of carbonyl (C=O) groups excluding carboxylic acids is 1. The van der Waals surface area contributed by atoms with Gasteiger partial charge in [0.05, 0.1) is 5.41 Å². The highest BCUT2D eigenvalue weighted by atomic mass is 19.1. The third-order valence-corrected chi connectivity index (χ3v) is 4.49. The van der Waals surface area contributed by atoms with Crippen molar-refractivity contribution < 1.29 is 19.1 Å². The van der Waals surface area contributed by atoms with Crippen molar-refractivity contribution in [2.75, 3.05) is 0 Å². The molecular weight excluding hydrogens is 297 g/mol. The number of nitrogens with one attached hydrogen (secondary N) is 1. The second kappa shape index (κ2) is 7.40. The zero-order valence-corrected chi connectivity index (χ0v) is 13.1. The standard InChI is InChI=1S/C18H22FNO3/c1-2-3-8-15(16(21)22)20-17(23)18(9-5-10-18)12-13-6-4-7-14(19)11-13/h2,4,6-7,11,15H,1,3,5,8-10,12H2,(H,20,23)(H,21,22). The van der Waals surface area contributed by atoms with E-state index in [1.54, 1.807) is 18.2 Å². The number of amides is 1. The van der Waals surface area contributed by atoms with E-state index < -0.39 is 17.4 Å². The number of halogens is 1. The van der Waals surface area contributed by atoms with E-state index in [1.165, 1.54) is 12.1 Å². The van der Waals surface area contributed by atoms with Gasteiger partial charge in [0.15, 0.2) is 0 Å². The molecule has 1 unspecified atom stereocenters. The monoisotopic (exact) mass is 319 g/mol. The molecule has 0 aliphatic heterocycles. The third-order valence-electron chi connectivity index (χ3n) is 4.49. The average Bonchev–Trinajstić information content (AvgIpc) is 2.46. The summed E-state index contributed by atoms with van der Waals surface area (Å²) in [6.45, 7) is 3.57. The quantitative estimate of drug-likeness (QED) is 0.724. The molecule has 1 atom stereocenters. The van der Waals surface area contributed by atoms with Gasteiger partial charge in [-0.25, -0.2) is 9.18 Å². The van der Waals surface area contributed by atoms with Gasteiger partial charge >= 0.3 is 5.97 Å². The number of allylic oxidation sites excluding steroid dienone is 1. The Labute approximate surface area is 135 Å². The first-order chi connectivity index (χ1) is 11.0. The van der Waals surface area contributed by atoms with Crippen LogP contribution < -0.4 is 5.32 Å². The van der Waals surface area contributed by atoms with Gasteiger partial charge in [0, 0.05) is 0 Å². The van der Waals surface area contributed by atoms with Crippen molar-refractivity contribution in [2.24, 2.45) is 5.41 Å². The van der Waals surface area contributed by atoms with Crippen LogP contribution in [-0.2, 0) is 16.0 Å². The molecule has 0 radical (unpaired) electrons. The van der Waals surface area contributed by atoms with Crippen molar-refractivity contribution in [3.8, 4) is 0 Å². The molecule has 0 aromatic heterocycles. The van der Waals surface area contributed by atoms with Crippen molar-refractivity contribution in [1.82, 2.24) is 5.32 Å². The van der Waals surface area contributed by atoms with Crippen molar-refractivity contribution in [3.63, 3.8) is 0 Å². The first-order valence-electron chi connectivity index (χ1n) is 7.86. The van der Waals surface area contributed by atoms with E-state index in [0.717, 1.165) is 12.0 Å². The Morgan fingerprint density at radius 1 is 1.43 bits per heavy atom. The van der Waals surface area contributed by atoms with E-state index in [1.807, 2.05) is 0 Å². The van der Waals surface area contributed by atoms with Crippen LogP contribution in [0.3, 0.4) is 0 Å². The summed E-state index contributed by atoms with van der Waals surface area (Å²) >= 11 is 0. The Morgan fingerprint density at radius 2 is 2.17 bits per heavy atom. The van der Waals surface area contributed by atoms with Crippen LogP contribution in [0.2, 0.25) is 0 Å². The van der Waals surface area contributed by atoms with Crippen molar-refractivity contribution >= 4 is 11.9 Å². The van der Waals surface area contributed by atoms with Crippen LogP contribution in [0, 0.1) is 11.2 Å². The summed E-state index contributed by atoms with van der Waals surface area (Å²) in [4.78, 5) is 23.9. The molecule has 0 bridgehead atoms. The summed E-state index contributed by atoms with van der Waals surface area (Å²) in [7, 11) is 0. The van der Waals surface area contributed by atoms with Crippen LogP contribution in [0.25, 0.3) is 0 Å². The van der Waals surface area contributed by atoms with Gasteiger partial charge in [-0.1, -0.05) is 24.6 Å². The molecule has 0 spiro atoms. The number of hydrogen-bond acceptors (Lipinski definition) is 2. The molecule has 1 aliphatic carbocycles. The molecule has 1 fully saturated rings. The highest BCUT2D eigenvalue weighted by Crippen LogP contribution is 2.44. The lowest BCUT2D eigenvalue weighted by molar-refractivity contribution is -0.146. The van der Waals surface area contributed by atoms with Crippen molar-refractivity contribution in [2.45, 2.75) is 44.6 Å². The van der Waals surface area contributed by atoms with Gasteiger partial charge in [0.1, 0.15) is 11.9 Å². The summed E-state index contributed by atoms with van der Waals surface area (Å²) in [6, 6.07) is 5.31. The molecule has 5 heteroatoms. The van der Waals surface area contributed by atoms with Crippen LogP contribution in [0.1, 0.15) is 37.7 Å². The van der Waals surface area contributed by atoms with Gasteiger partial charge in [0.25, 0.3) is 0 Å². The maximum absolute atomic E-state index is 13.3. The Bertz CT molecular complexity index is 596. The molecule has 124 valence electrons. The van der Waals surface area contributed by atoms with E-state index in [9.17, 15) is 19.1 Å². The first kappa shape index (κ1) is 17.2. The fourth-order valence-corrected chi connectivity index (χ4v) is 2.98. The summed E-state index contributed by atoms with van der Waals surface area (Å²) in [5.41, 5.74) is 0.146. The third kappa shape index (κ3) is 4.18. The predicted octanol–water partition coefficient (Wildman–Crippen LogP) is 3.07. The maximum Gasteiger partial charge on any atom is 0.326 e. The Balaban J connectivity index is 2.07. The zero-order valence-electron chi connectivity index (χ0n) is 13.1. The maximum atomic E-state index is 13.3. The van der Waals surface area contributed by atoms with Crippen LogP contribution in [0.15, 0.2) is 36.9 Å². The van der Waals surface area contributed by atoms with Crippen molar-refractivity contribution in [3.05, 3.63) is 48.3 Å². The van der Waals surface area contributed by atoms with Crippen molar-refractivity contribution in [1.29, 1.82) is 0 Å². The number of benzene rings is 1. The lowest BCUT2D eigenvalue weighted by Gasteiger charge is -2.41. The fraction of sp³-hybridized carbons (Fsp3) is 0.444. The predicted molar refractivity (Wildman–Crippen MR) is 85.4 cm³/mol. The number of carbonyl (C=O) groups is 2. The Kier molecular flexibility index (Phi) is 5.53. The Hall–Kier alpha value is -2.17. The molecule has 1 aromatic carbocycles. The molecule has 1 saturated carbocycles. The average molecular weight is 319 g/mol. The summed E-state index contributed by atoms with van der Waals surface area (Å²) in [5, 5.41) is 11.9. The largest absolute Gasteiger partial charge is 0.480 e. The van der Waals surface area contributed by atoms with E-state index in [-0.39, 0.29) is 11.7 Å². The van der Waals surface area contributed by atoms with Crippen LogP contribution in [-0.4, -0.2) is 23.0 Å². The van der Waals surface area contributed by atoms with Gasteiger partial charge < -0.3 is 10.4 Å². The van der Waals surface area contributed by atoms with Gasteiger partial charge in [-0.05, 0) is 49.8 Å². The fourth-order valence-electron chi connectivity index (χ4n) is 2.98. The van der Waals surface area contributed by atoms with Crippen LogP contribution in [0.5, 0.6) is 0 Å². The van der Waals surface area contributed by atoms with E-state index in [2.05, 4.69) is 11.9 Å². The minimum absolute atomic E-state index is 0.246. The van der Waals surface area contributed by atoms with Gasteiger partial charge in [0.2, 0.25) is 5.91 Å². The SMILES string of the molecule is C=CCCC(NC(=O)C1(Cc2cccc(F)c2)CCC1)C(=O)O. The second-order valence-electron chi connectivity index (χ2n) is 6.17. The lowest BCUT2D eigenvalue weighted by Crippen LogP contribution is -2.52. The summed E-state index contributed by atoms with van der Waals surface area (Å²) < 4.78 is 13.3. The number of carboxylic acid groups (broad SMARTS) is 1. The molecule has 1 aromatic rings. The minimum atomic E-state index is -1.04. The zero-order chi connectivity index (χ0) is 16.9. The number of rotatable bonds is 8. The normalized spacial score (nSPS) is 16.9. The molecule has 2 rings (SSSR count). The molecule has 1 aliphatic rings. The first-order valence-corrected chi connectivity index (χ1v) is 7.86. The highest BCUT2D eigenvalue weighted by Gasteiger charge is 2.45. The van der Waals surface area contributed by atoms with E-state index in [0.29, 0.717) is 32.1 Å². The van der Waals surface area contributed by atoms with Gasteiger partial charge in [-0.2, -0.15) is 0 Å². The minimum Gasteiger partial charge on any atom is -0.480 e. The van der Waals surface area contributed by atoms with Gasteiger partial charge in [-0.3, -0.25) is 4.79 Å². The number of aliphatic carboxylic acids is 1. The molecule has 0 heterocycles. The summed E-state index contributed by atoms with van der Waals surface area (Å²) in [5.74, 6) is -1.61. The second-order valence-corrected chi connectivity index (χ2v) is 6.17. The van der Waals surface area contributed by atoms with E-state index >= 15 is 0 Å². The van der Waals surface area contributed by atoms with Crippen LogP contribution >= 0.6 is 0 Å². The van der Waals surface area contributed by atoms with E-state index in [4.69, 9.17) is 0 Å². The summed E-state index contributed by atoms with van der Waals surface area (Å²) in [6.07, 6.45) is 5.23. The molecular formula is C18H22FNO3. The number of hydrogen-bond donors (Lipinski definition) is 2. The Morgan fingerprint density at radius 3 is 2.70 bits per heavy atom. The topological polar surface area (TPSA) is 66.4 Å².